The first-order valence-electron chi connectivity index (χ1n) is 18.6. The maximum Gasteiger partial charge on any atom is 0.421 e. The van der Waals surface area contributed by atoms with Crippen molar-refractivity contribution in [1.29, 1.82) is 0 Å². The fourth-order valence-corrected chi connectivity index (χ4v) is 6.69. The summed E-state index contributed by atoms with van der Waals surface area (Å²) in [6.07, 6.45) is 6.03. The number of aromatic nitrogens is 2. The van der Waals surface area contributed by atoms with Gasteiger partial charge in [0.2, 0.25) is 5.95 Å². The molecule has 2 heterocycles. The molecule has 4 N–H and O–H groups in total. The summed E-state index contributed by atoms with van der Waals surface area (Å²) in [7, 11) is 2.41. The summed E-state index contributed by atoms with van der Waals surface area (Å²) in [5, 5.41) is 12.4. The largest absolute Gasteiger partial charge is 0.421 e. The van der Waals surface area contributed by atoms with E-state index in [1.807, 2.05) is 26.0 Å². The van der Waals surface area contributed by atoms with E-state index in [-0.39, 0.29) is 18.3 Å². The molecule has 1 aliphatic heterocycles. The molecule has 1 unspecified atom stereocenters. The molecule has 0 spiro atoms. The van der Waals surface area contributed by atoms with Crippen LogP contribution < -0.4 is 25.6 Å². The number of carbonyl (C=O) groups excluding carboxylic acids is 1. The van der Waals surface area contributed by atoms with Gasteiger partial charge in [0.25, 0.3) is 0 Å². The Morgan fingerprint density at radius 1 is 1.08 bits per heavy atom. The standard InChI is InChI=1S/C24H26F3N5O2S.C8H18N2.C7H15N/c1-5-17-11-16(14-33)7-9-20(17)30-23-29-13-19(24(25,26)27)22(31-23)28-12-18-8-6-15(2)10-21(18)32(3)35(4)34;1-8(2)7-10-5-3-9-4-6-10;1-8-7-5-3-2-4-6-7/h6-11,13-14H,5,12H2,1-4H3,(H2,28,29,30,31);8-9H,3-7H2,1-2H3;7-8H,2-6H2,1H3. The molecular formula is C39H59F3N8O2S. The van der Waals surface area contributed by atoms with Crippen LogP contribution in [0.25, 0.3) is 0 Å². The summed E-state index contributed by atoms with van der Waals surface area (Å²) in [4.78, 5) is 21.5. The number of anilines is 4. The normalized spacial score (nSPS) is 15.8. The number of alkyl halides is 3. The molecule has 0 radical (unpaired) electrons. The first kappa shape index (κ1) is 43.8. The van der Waals surface area contributed by atoms with Gasteiger partial charge in [-0.2, -0.15) is 18.2 Å². The van der Waals surface area contributed by atoms with Crippen LogP contribution in [-0.4, -0.2) is 84.5 Å². The average Bonchev–Trinajstić information content (AvgIpc) is 3.14. The van der Waals surface area contributed by atoms with Crippen LogP contribution in [0.4, 0.5) is 36.3 Å². The number of aryl methyl sites for hydroxylation is 2. The summed E-state index contributed by atoms with van der Waals surface area (Å²) in [5.41, 5.74) is 3.11. The van der Waals surface area contributed by atoms with Crippen LogP contribution in [-0.2, 0) is 30.1 Å². The van der Waals surface area contributed by atoms with Crippen LogP contribution in [0.3, 0.4) is 0 Å². The highest BCUT2D eigenvalue weighted by molar-refractivity contribution is 7.85. The maximum atomic E-state index is 13.7. The van der Waals surface area contributed by atoms with Crippen LogP contribution in [0.1, 0.15) is 85.5 Å². The topological polar surface area (TPSA) is 115 Å². The predicted molar refractivity (Wildman–Crippen MR) is 213 cm³/mol. The molecule has 14 heteroatoms. The van der Waals surface area contributed by atoms with E-state index in [4.69, 9.17) is 0 Å². The van der Waals surface area contributed by atoms with Crippen LogP contribution in [0, 0.1) is 12.8 Å². The molecule has 2 aromatic carbocycles. The van der Waals surface area contributed by atoms with E-state index in [1.165, 1.54) is 71.1 Å². The minimum absolute atomic E-state index is 0.0188. The number of benzene rings is 2. The summed E-state index contributed by atoms with van der Waals surface area (Å²) in [6.45, 7) is 14.4. The molecule has 3 aromatic rings. The molecule has 294 valence electrons. The Labute approximate surface area is 316 Å². The molecule has 2 fully saturated rings. The van der Waals surface area contributed by atoms with Crippen molar-refractivity contribution in [1.82, 2.24) is 25.5 Å². The fourth-order valence-electron chi connectivity index (χ4n) is 6.24. The minimum Gasteiger partial charge on any atom is -0.365 e. The molecule has 0 amide bonds. The zero-order valence-electron chi connectivity index (χ0n) is 32.4. The van der Waals surface area contributed by atoms with Gasteiger partial charge in [-0.25, -0.2) is 9.19 Å². The molecule has 1 saturated carbocycles. The van der Waals surface area contributed by atoms with Gasteiger partial charge in [0, 0.05) is 76.1 Å². The number of rotatable bonds is 12. The number of hydrogen-bond acceptors (Lipinski definition) is 9. The highest BCUT2D eigenvalue weighted by Gasteiger charge is 2.35. The zero-order valence-corrected chi connectivity index (χ0v) is 33.2. The second-order valence-corrected chi connectivity index (χ2v) is 15.3. The smallest absolute Gasteiger partial charge is 0.365 e. The lowest BCUT2D eigenvalue weighted by molar-refractivity contribution is -0.137. The summed E-state index contributed by atoms with van der Waals surface area (Å²) in [5.74, 6) is 0.410. The second kappa shape index (κ2) is 21.9. The minimum atomic E-state index is -4.67. The lowest BCUT2D eigenvalue weighted by atomic mass is 9.96. The molecule has 1 aliphatic carbocycles. The third-order valence-corrected chi connectivity index (χ3v) is 10.2. The Kier molecular flexibility index (Phi) is 18.1. The third-order valence-electron chi connectivity index (χ3n) is 9.25. The van der Waals surface area contributed by atoms with Gasteiger partial charge in [0.05, 0.1) is 5.69 Å². The zero-order chi connectivity index (χ0) is 39.0. The second-order valence-electron chi connectivity index (χ2n) is 13.9. The van der Waals surface area contributed by atoms with Crippen molar-refractivity contribution in [3.05, 3.63) is 70.4 Å². The molecule has 1 aromatic heterocycles. The van der Waals surface area contributed by atoms with E-state index >= 15 is 0 Å². The van der Waals surface area contributed by atoms with E-state index < -0.39 is 22.7 Å². The number of carbonyl (C=O) groups is 1. The van der Waals surface area contributed by atoms with Crippen molar-refractivity contribution >= 4 is 40.4 Å². The van der Waals surface area contributed by atoms with E-state index in [0.29, 0.717) is 28.9 Å². The highest BCUT2D eigenvalue weighted by atomic mass is 32.2. The molecule has 0 bridgehead atoms. The van der Waals surface area contributed by atoms with Crippen molar-refractivity contribution in [2.45, 2.75) is 85.0 Å². The van der Waals surface area contributed by atoms with Crippen molar-refractivity contribution in [2.75, 3.05) is 68.0 Å². The number of halogens is 3. The Hall–Kier alpha value is -3.59. The van der Waals surface area contributed by atoms with Crippen LogP contribution in [0.5, 0.6) is 0 Å². The Morgan fingerprint density at radius 2 is 1.77 bits per heavy atom. The lowest BCUT2D eigenvalue weighted by Gasteiger charge is -2.28. The lowest BCUT2D eigenvalue weighted by Crippen LogP contribution is -2.44. The molecule has 2 aliphatic rings. The van der Waals surface area contributed by atoms with E-state index in [0.717, 1.165) is 35.6 Å². The quantitative estimate of drug-likeness (QED) is 0.141. The van der Waals surface area contributed by atoms with Crippen molar-refractivity contribution in [3.8, 4) is 0 Å². The molecule has 5 rings (SSSR count). The number of nitrogens with one attached hydrogen (secondary N) is 4. The first-order chi connectivity index (χ1) is 25.2. The Bertz CT molecular complexity index is 1600. The SMILES string of the molecule is CC(C)CN1CCNCC1.CCc1cc(C=O)ccc1Nc1ncc(C(F)(F)F)c(NCc2ccc(C)cc2N(C)S(C)=O)n1.CNC1CCCCC1. The van der Waals surface area contributed by atoms with Crippen molar-refractivity contribution < 1.29 is 22.2 Å². The number of aldehydes is 1. The average molecular weight is 761 g/mol. The van der Waals surface area contributed by atoms with Gasteiger partial charge in [-0.05, 0) is 80.1 Å². The molecule has 1 atom stereocenters. The van der Waals surface area contributed by atoms with Crippen LogP contribution >= 0.6 is 0 Å². The van der Waals surface area contributed by atoms with Gasteiger partial charge >= 0.3 is 6.18 Å². The Morgan fingerprint density at radius 3 is 2.34 bits per heavy atom. The first-order valence-corrected chi connectivity index (χ1v) is 20.1. The van der Waals surface area contributed by atoms with Gasteiger partial charge in [-0.15, -0.1) is 0 Å². The molecule has 53 heavy (non-hydrogen) atoms. The van der Waals surface area contributed by atoms with Crippen molar-refractivity contribution in [2.24, 2.45) is 5.92 Å². The fraction of sp³-hybridized carbons (Fsp3) is 0.564. The van der Waals surface area contributed by atoms with E-state index in [1.54, 1.807) is 35.6 Å². The third kappa shape index (κ3) is 14.6. The van der Waals surface area contributed by atoms with Crippen LogP contribution in [0.15, 0.2) is 42.6 Å². The number of nitrogens with zero attached hydrogens (tertiary/aromatic N) is 4. The van der Waals surface area contributed by atoms with Gasteiger partial charge in [-0.1, -0.05) is 52.2 Å². The van der Waals surface area contributed by atoms with Crippen LogP contribution in [0.2, 0.25) is 0 Å². The Balaban J connectivity index is 0.000000339. The monoisotopic (exact) mass is 760 g/mol. The summed E-state index contributed by atoms with van der Waals surface area (Å²) >= 11 is 0. The highest BCUT2D eigenvalue weighted by Crippen LogP contribution is 2.35. The predicted octanol–water partition coefficient (Wildman–Crippen LogP) is 7.35. The summed E-state index contributed by atoms with van der Waals surface area (Å²) in [6, 6.07) is 11.2. The summed E-state index contributed by atoms with van der Waals surface area (Å²) < 4.78 is 54.6. The number of hydrogen-bond donors (Lipinski definition) is 4. The molecule has 1 saturated heterocycles. The molecule has 10 nitrogen and oxygen atoms in total. The maximum absolute atomic E-state index is 13.7. The van der Waals surface area contributed by atoms with Gasteiger partial charge in [0.1, 0.15) is 28.7 Å². The van der Waals surface area contributed by atoms with Gasteiger partial charge < -0.3 is 26.2 Å². The van der Waals surface area contributed by atoms with Gasteiger partial charge in [-0.3, -0.25) is 9.10 Å². The van der Waals surface area contributed by atoms with Gasteiger partial charge in [0.15, 0.2) is 0 Å². The molecular weight excluding hydrogens is 702 g/mol. The van der Waals surface area contributed by atoms with Crippen molar-refractivity contribution in [3.63, 3.8) is 0 Å². The van der Waals surface area contributed by atoms with E-state index in [2.05, 4.69) is 57.0 Å². The number of piperazine rings is 1. The van der Waals surface area contributed by atoms with E-state index in [9.17, 15) is 22.2 Å².